The molecule has 0 radical (unpaired) electrons. The first-order chi connectivity index (χ1) is 15.3. The summed E-state index contributed by atoms with van der Waals surface area (Å²) in [7, 11) is 0. The Bertz CT molecular complexity index is 1320. The molecule has 0 aliphatic heterocycles. The van der Waals surface area contributed by atoms with Crippen molar-refractivity contribution in [2.75, 3.05) is 5.32 Å². The highest BCUT2D eigenvalue weighted by molar-refractivity contribution is 5.97. The summed E-state index contributed by atoms with van der Waals surface area (Å²) < 4.78 is 1.88. The van der Waals surface area contributed by atoms with Crippen LogP contribution in [0.4, 0.5) is 5.69 Å². The average molecular weight is 427 g/mol. The summed E-state index contributed by atoms with van der Waals surface area (Å²) in [5, 5.41) is 7.62. The van der Waals surface area contributed by atoms with E-state index in [1.165, 1.54) is 6.92 Å². The third kappa shape index (κ3) is 4.17. The number of amides is 1. The molecule has 0 saturated carbocycles. The van der Waals surface area contributed by atoms with Crippen molar-refractivity contribution in [3.05, 3.63) is 82.8 Å². The summed E-state index contributed by atoms with van der Waals surface area (Å²) in [6, 6.07) is 17.1. The Hall–Kier alpha value is -3.80. The molecule has 0 fully saturated rings. The van der Waals surface area contributed by atoms with E-state index in [2.05, 4.69) is 17.4 Å². The standard InChI is InChI=1S/C26H26N4O2/c1-16-23(13-14-24(32)28-22-12-8-11-21(15-22)19(4)31)18(3)30-26(27-16)25(17(2)29-30)20-9-6-5-7-10-20/h5-12,15H,13-14H2,1-4H3,(H,28,32). The highest BCUT2D eigenvalue weighted by atomic mass is 16.1. The predicted molar refractivity (Wildman–Crippen MR) is 126 cm³/mol. The molecule has 162 valence electrons. The zero-order chi connectivity index (χ0) is 22.8. The van der Waals surface area contributed by atoms with Crippen LogP contribution in [-0.4, -0.2) is 26.3 Å². The van der Waals surface area contributed by atoms with Crippen LogP contribution in [0, 0.1) is 20.8 Å². The number of rotatable bonds is 6. The molecular weight excluding hydrogens is 400 g/mol. The maximum Gasteiger partial charge on any atom is 0.224 e. The molecule has 4 rings (SSSR count). The van der Waals surface area contributed by atoms with E-state index in [4.69, 9.17) is 10.1 Å². The molecule has 0 atom stereocenters. The minimum atomic E-state index is -0.105. The molecule has 6 heteroatoms. The lowest BCUT2D eigenvalue weighted by Crippen LogP contribution is -2.14. The number of fused-ring (bicyclic) bond motifs is 1. The molecule has 6 nitrogen and oxygen atoms in total. The molecule has 0 unspecified atom stereocenters. The molecule has 0 bridgehead atoms. The summed E-state index contributed by atoms with van der Waals surface area (Å²) in [6.07, 6.45) is 0.864. The predicted octanol–water partition coefficient (Wildman–Crippen LogP) is 5.10. The van der Waals surface area contributed by atoms with E-state index in [0.717, 1.165) is 39.4 Å². The summed E-state index contributed by atoms with van der Waals surface area (Å²) in [6.45, 7) is 7.50. The lowest BCUT2D eigenvalue weighted by Gasteiger charge is -2.12. The molecule has 2 aromatic heterocycles. The lowest BCUT2D eigenvalue weighted by molar-refractivity contribution is -0.116. The number of aryl methyl sites for hydroxylation is 3. The molecule has 1 N–H and O–H groups in total. The van der Waals surface area contributed by atoms with E-state index in [0.29, 0.717) is 24.1 Å². The topological polar surface area (TPSA) is 76.4 Å². The van der Waals surface area contributed by atoms with Crippen LogP contribution in [0.1, 0.15) is 46.3 Å². The Labute approximate surface area is 187 Å². The van der Waals surface area contributed by atoms with E-state index in [1.54, 1.807) is 24.3 Å². The largest absolute Gasteiger partial charge is 0.326 e. The summed E-state index contributed by atoms with van der Waals surface area (Å²) in [5.74, 6) is -0.137. The third-order valence-electron chi connectivity index (χ3n) is 5.72. The van der Waals surface area contributed by atoms with Gasteiger partial charge in [-0.15, -0.1) is 0 Å². The first-order valence-corrected chi connectivity index (χ1v) is 10.7. The summed E-state index contributed by atoms with van der Waals surface area (Å²) >= 11 is 0. The van der Waals surface area contributed by atoms with Crippen LogP contribution in [0.2, 0.25) is 0 Å². The second-order valence-corrected chi connectivity index (χ2v) is 8.01. The molecule has 0 aliphatic rings. The van der Waals surface area contributed by atoms with Gasteiger partial charge in [-0.3, -0.25) is 9.59 Å². The molecule has 1 amide bonds. The second kappa shape index (κ2) is 8.75. The van der Waals surface area contributed by atoms with E-state index in [-0.39, 0.29) is 11.7 Å². The maximum atomic E-state index is 12.6. The van der Waals surface area contributed by atoms with E-state index >= 15 is 0 Å². The molecule has 0 saturated heterocycles. The van der Waals surface area contributed by atoms with Crippen molar-refractivity contribution in [2.24, 2.45) is 0 Å². The molecular formula is C26H26N4O2. The van der Waals surface area contributed by atoms with E-state index in [1.807, 2.05) is 43.5 Å². The zero-order valence-electron chi connectivity index (χ0n) is 18.8. The number of ketones is 1. The molecule has 32 heavy (non-hydrogen) atoms. The van der Waals surface area contributed by atoms with Crippen molar-refractivity contribution < 1.29 is 9.59 Å². The van der Waals surface area contributed by atoms with Crippen molar-refractivity contribution in [2.45, 2.75) is 40.5 Å². The quantitative estimate of drug-likeness (QED) is 0.436. The van der Waals surface area contributed by atoms with Gasteiger partial charge in [0.05, 0.1) is 5.69 Å². The van der Waals surface area contributed by atoms with Gasteiger partial charge in [-0.1, -0.05) is 42.5 Å². The van der Waals surface area contributed by atoms with Crippen molar-refractivity contribution >= 4 is 23.0 Å². The number of nitrogens with zero attached hydrogens (tertiary/aromatic N) is 3. The number of carbonyl (C=O) groups is 2. The van der Waals surface area contributed by atoms with Crippen LogP contribution in [0.15, 0.2) is 54.6 Å². The highest BCUT2D eigenvalue weighted by Crippen LogP contribution is 2.29. The van der Waals surface area contributed by atoms with E-state index < -0.39 is 0 Å². The minimum Gasteiger partial charge on any atom is -0.326 e. The average Bonchev–Trinajstić information content (AvgIpc) is 3.10. The van der Waals surface area contributed by atoms with Crippen LogP contribution in [-0.2, 0) is 11.2 Å². The Morgan fingerprint density at radius 1 is 0.969 bits per heavy atom. The van der Waals surface area contributed by atoms with Gasteiger partial charge in [0, 0.05) is 34.6 Å². The second-order valence-electron chi connectivity index (χ2n) is 8.01. The smallest absolute Gasteiger partial charge is 0.224 e. The van der Waals surface area contributed by atoms with E-state index in [9.17, 15) is 9.59 Å². The molecule has 2 aromatic carbocycles. The molecule has 0 spiro atoms. The van der Waals surface area contributed by atoms with Crippen molar-refractivity contribution in [1.82, 2.24) is 14.6 Å². The van der Waals surface area contributed by atoms with Gasteiger partial charge in [0.25, 0.3) is 0 Å². The number of nitrogens with one attached hydrogen (secondary N) is 1. The monoisotopic (exact) mass is 426 g/mol. The van der Waals surface area contributed by atoms with Crippen LogP contribution in [0.5, 0.6) is 0 Å². The maximum absolute atomic E-state index is 12.6. The van der Waals surface area contributed by atoms with Gasteiger partial charge in [-0.25, -0.2) is 9.50 Å². The van der Waals surface area contributed by atoms with Crippen molar-refractivity contribution in [3.8, 4) is 11.1 Å². The Balaban J connectivity index is 1.57. The van der Waals surface area contributed by atoms with Gasteiger partial charge < -0.3 is 5.32 Å². The first-order valence-electron chi connectivity index (χ1n) is 10.7. The van der Waals surface area contributed by atoms with Gasteiger partial charge in [-0.2, -0.15) is 5.10 Å². The fraction of sp³-hybridized carbons (Fsp3) is 0.231. The van der Waals surface area contributed by atoms with Gasteiger partial charge in [0.2, 0.25) is 5.91 Å². The molecule has 0 aliphatic carbocycles. The van der Waals surface area contributed by atoms with Gasteiger partial charge >= 0.3 is 0 Å². The van der Waals surface area contributed by atoms with Gasteiger partial charge in [0.1, 0.15) is 0 Å². The fourth-order valence-corrected chi connectivity index (χ4v) is 4.05. The number of carbonyl (C=O) groups excluding carboxylic acids is 2. The third-order valence-corrected chi connectivity index (χ3v) is 5.72. The Morgan fingerprint density at radius 3 is 2.44 bits per heavy atom. The van der Waals surface area contributed by atoms with Crippen LogP contribution >= 0.6 is 0 Å². The summed E-state index contributed by atoms with van der Waals surface area (Å²) in [5.41, 5.74) is 7.99. The van der Waals surface area contributed by atoms with Gasteiger partial charge in [0.15, 0.2) is 11.4 Å². The number of hydrogen-bond donors (Lipinski definition) is 1. The number of benzene rings is 2. The summed E-state index contributed by atoms with van der Waals surface area (Å²) in [4.78, 5) is 29.0. The van der Waals surface area contributed by atoms with Crippen molar-refractivity contribution in [3.63, 3.8) is 0 Å². The number of Topliss-reactive ketones (excluding diaryl/α,β-unsaturated/α-hetero) is 1. The first kappa shape index (κ1) is 21.4. The minimum absolute atomic E-state index is 0.0314. The lowest BCUT2D eigenvalue weighted by atomic mass is 10.0. The normalized spacial score (nSPS) is 11.0. The Kier molecular flexibility index (Phi) is 5.86. The Morgan fingerprint density at radius 2 is 1.72 bits per heavy atom. The van der Waals surface area contributed by atoms with Crippen LogP contribution in [0.3, 0.4) is 0 Å². The zero-order valence-corrected chi connectivity index (χ0v) is 18.8. The van der Waals surface area contributed by atoms with Gasteiger partial charge in [-0.05, 0) is 57.4 Å². The van der Waals surface area contributed by atoms with Crippen molar-refractivity contribution in [1.29, 1.82) is 0 Å². The van der Waals surface area contributed by atoms with Crippen LogP contribution < -0.4 is 5.32 Å². The molecule has 4 aromatic rings. The number of anilines is 1. The number of hydrogen-bond acceptors (Lipinski definition) is 4. The fourth-order valence-electron chi connectivity index (χ4n) is 4.05. The number of aromatic nitrogens is 3. The van der Waals surface area contributed by atoms with Crippen LogP contribution in [0.25, 0.3) is 16.8 Å². The molecule has 2 heterocycles. The highest BCUT2D eigenvalue weighted by Gasteiger charge is 2.18. The SMILES string of the molecule is CC(=O)c1cccc(NC(=O)CCc2c(C)nc3c(-c4ccccc4)c(C)nn3c2C)c1.